The summed E-state index contributed by atoms with van der Waals surface area (Å²) in [6.07, 6.45) is 4.28. The summed E-state index contributed by atoms with van der Waals surface area (Å²) in [6.45, 7) is 0. The molecule has 1 heterocycles. The first kappa shape index (κ1) is 10.4. The minimum Gasteiger partial charge on any atom is -0.490 e. The Morgan fingerprint density at radius 2 is 2.24 bits per heavy atom. The summed E-state index contributed by atoms with van der Waals surface area (Å²) in [5.41, 5.74) is 1.90. The van der Waals surface area contributed by atoms with Crippen LogP contribution in [0.2, 0.25) is 0 Å². The van der Waals surface area contributed by atoms with Crippen LogP contribution in [-0.2, 0) is 11.2 Å². The number of carbonyl (C=O) groups is 1. The van der Waals surface area contributed by atoms with Gasteiger partial charge in [0, 0.05) is 17.7 Å². The number of hydrogen-bond donors (Lipinski definition) is 2. The Morgan fingerprint density at radius 1 is 1.41 bits per heavy atom. The molecular formula is C13H15NO3. The van der Waals surface area contributed by atoms with E-state index in [0.29, 0.717) is 12.5 Å². The number of anilines is 1. The van der Waals surface area contributed by atoms with Crippen molar-refractivity contribution in [3.05, 3.63) is 23.8 Å². The third-order valence-electron chi connectivity index (χ3n) is 3.51. The van der Waals surface area contributed by atoms with Crippen molar-refractivity contribution in [3.63, 3.8) is 0 Å². The number of fused-ring (bicyclic) bond motifs is 1. The van der Waals surface area contributed by atoms with Gasteiger partial charge in [-0.3, -0.25) is 0 Å². The average Bonchev–Trinajstić information content (AvgIpc) is 2.67. The number of nitrogens with one attached hydrogen (secondary N) is 1. The first-order valence-corrected chi connectivity index (χ1v) is 6.02. The number of carboxylic acids is 1. The van der Waals surface area contributed by atoms with Gasteiger partial charge >= 0.3 is 5.97 Å². The quantitative estimate of drug-likeness (QED) is 0.838. The molecule has 1 aliphatic heterocycles. The summed E-state index contributed by atoms with van der Waals surface area (Å²) < 4.78 is 5.89. The normalized spacial score (nSPS) is 22.5. The second kappa shape index (κ2) is 3.95. The van der Waals surface area contributed by atoms with E-state index in [1.165, 1.54) is 6.42 Å². The van der Waals surface area contributed by atoms with Gasteiger partial charge in [-0.15, -0.1) is 0 Å². The van der Waals surface area contributed by atoms with E-state index in [9.17, 15) is 4.79 Å². The summed E-state index contributed by atoms with van der Waals surface area (Å²) in [5, 5.41) is 12.0. The van der Waals surface area contributed by atoms with Crippen LogP contribution in [-0.4, -0.2) is 23.2 Å². The maximum atomic E-state index is 11.0. The standard InChI is InChI=1S/C13H15NO3/c15-13(16)11-7-9-10(14-11)5-2-6-12(9)17-8-3-1-4-8/h2,5-6,8,11,14H,1,3-4,7H2,(H,15,16). The van der Waals surface area contributed by atoms with Crippen molar-refractivity contribution < 1.29 is 14.6 Å². The molecule has 1 unspecified atom stereocenters. The maximum Gasteiger partial charge on any atom is 0.326 e. The van der Waals surface area contributed by atoms with Gasteiger partial charge in [0.1, 0.15) is 11.8 Å². The average molecular weight is 233 g/mol. The lowest BCUT2D eigenvalue weighted by atomic mass is 9.96. The van der Waals surface area contributed by atoms with Crippen molar-refractivity contribution in [3.8, 4) is 5.75 Å². The van der Waals surface area contributed by atoms with E-state index in [1.54, 1.807) is 0 Å². The predicted molar refractivity (Wildman–Crippen MR) is 63.5 cm³/mol. The number of aliphatic carboxylic acids is 1. The van der Waals surface area contributed by atoms with Gasteiger partial charge in [-0.2, -0.15) is 0 Å². The minimum absolute atomic E-state index is 0.324. The van der Waals surface area contributed by atoms with Crippen molar-refractivity contribution in [1.82, 2.24) is 0 Å². The van der Waals surface area contributed by atoms with Gasteiger partial charge in [-0.1, -0.05) is 6.07 Å². The molecule has 4 heteroatoms. The molecule has 0 spiro atoms. The summed E-state index contributed by atoms with van der Waals surface area (Å²) in [5.74, 6) is 0.0410. The Hall–Kier alpha value is -1.71. The lowest BCUT2D eigenvalue weighted by Gasteiger charge is -2.27. The van der Waals surface area contributed by atoms with Gasteiger partial charge in [0.15, 0.2) is 0 Å². The van der Waals surface area contributed by atoms with Crippen LogP contribution in [0.1, 0.15) is 24.8 Å². The first-order chi connectivity index (χ1) is 8.24. The Kier molecular flexibility index (Phi) is 2.42. The second-order valence-electron chi connectivity index (χ2n) is 4.69. The van der Waals surface area contributed by atoms with Gasteiger partial charge in [-0.25, -0.2) is 4.79 Å². The zero-order valence-electron chi connectivity index (χ0n) is 9.48. The van der Waals surface area contributed by atoms with Crippen LogP contribution in [0, 0.1) is 0 Å². The molecule has 1 aromatic carbocycles. The Morgan fingerprint density at radius 3 is 2.88 bits per heavy atom. The third kappa shape index (κ3) is 1.84. The molecule has 0 saturated heterocycles. The fourth-order valence-electron chi connectivity index (χ4n) is 2.28. The Labute approximate surface area is 99.6 Å². The van der Waals surface area contributed by atoms with E-state index in [1.807, 2.05) is 18.2 Å². The van der Waals surface area contributed by atoms with Crippen LogP contribution >= 0.6 is 0 Å². The highest BCUT2D eigenvalue weighted by atomic mass is 16.5. The van der Waals surface area contributed by atoms with Gasteiger partial charge in [-0.05, 0) is 31.4 Å². The number of hydrogen-bond acceptors (Lipinski definition) is 3. The van der Waals surface area contributed by atoms with E-state index in [4.69, 9.17) is 9.84 Å². The molecule has 1 aromatic rings. The maximum absolute atomic E-state index is 11.0. The molecule has 3 rings (SSSR count). The highest BCUT2D eigenvalue weighted by Gasteiger charge is 2.30. The van der Waals surface area contributed by atoms with Crippen LogP contribution in [0.3, 0.4) is 0 Å². The number of benzene rings is 1. The molecule has 17 heavy (non-hydrogen) atoms. The van der Waals surface area contributed by atoms with E-state index < -0.39 is 12.0 Å². The Bertz CT molecular complexity index is 454. The Balaban J connectivity index is 1.82. The first-order valence-electron chi connectivity index (χ1n) is 6.02. The van der Waals surface area contributed by atoms with Crippen molar-refractivity contribution >= 4 is 11.7 Å². The minimum atomic E-state index is -0.809. The molecule has 90 valence electrons. The fraction of sp³-hybridized carbons (Fsp3) is 0.462. The summed E-state index contributed by atoms with van der Waals surface area (Å²) in [7, 11) is 0. The van der Waals surface area contributed by atoms with Crippen LogP contribution in [0.4, 0.5) is 5.69 Å². The number of rotatable bonds is 3. The van der Waals surface area contributed by atoms with E-state index in [-0.39, 0.29) is 0 Å². The van der Waals surface area contributed by atoms with Gasteiger partial charge in [0.25, 0.3) is 0 Å². The molecule has 1 fully saturated rings. The SMILES string of the molecule is O=C(O)C1Cc2c(cccc2OC2CCC2)N1. The number of carboxylic acid groups (broad SMARTS) is 1. The van der Waals surface area contributed by atoms with Gasteiger partial charge < -0.3 is 15.2 Å². The topological polar surface area (TPSA) is 58.6 Å². The lowest BCUT2D eigenvalue weighted by Crippen LogP contribution is -2.26. The zero-order chi connectivity index (χ0) is 11.8. The largest absolute Gasteiger partial charge is 0.490 e. The second-order valence-corrected chi connectivity index (χ2v) is 4.69. The van der Waals surface area contributed by atoms with Gasteiger partial charge in [0.2, 0.25) is 0 Å². The predicted octanol–water partition coefficient (Wildman–Crippen LogP) is 2.04. The molecule has 1 aliphatic carbocycles. The molecule has 0 radical (unpaired) electrons. The zero-order valence-corrected chi connectivity index (χ0v) is 9.48. The van der Waals surface area contributed by atoms with Gasteiger partial charge in [0.05, 0.1) is 6.10 Å². The highest BCUT2D eigenvalue weighted by molar-refractivity contribution is 5.82. The molecular weight excluding hydrogens is 218 g/mol. The lowest BCUT2D eigenvalue weighted by molar-refractivity contribution is -0.137. The molecule has 4 nitrogen and oxygen atoms in total. The molecule has 0 amide bonds. The molecule has 0 aromatic heterocycles. The summed E-state index contributed by atoms with van der Waals surface area (Å²) in [6, 6.07) is 5.23. The summed E-state index contributed by atoms with van der Waals surface area (Å²) >= 11 is 0. The number of ether oxygens (including phenoxy) is 1. The highest BCUT2D eigenvalue weighted by Crippen LogP contribution is 2.36. The van der Waals surface area contributed by atoms with Crippen molar-refractivity contribution in [2.75, 3.05) is 5.32 Å². The fourth-order valence-corrected chi connectivity index (χ4v) is 2.28. The van der Waals surface area contributed by atoms with E-state index in [0.717, 1.165) is 29.8 Å². The smallest absolute Gasteiger partial charge is 0.326 e. The van der Waals surface area contributed by atoms with Crippen LogP contribution in [0.5, 0.6) is 5.75 Å². The summed E-state index contributed by atoms with van der Waals surface area (Å²) in [4.78, 5) is 11.0. The molecule has 1 atom stereocenters. The van der Waals surface area contributed by atoms with Crippen molar-refractivity contribution in [1.29, 1.82) is 0 Å². The van der Waals surface area contributed by atoms with Crippen LogP contribution < -0.4 is 10.1 Å². The van der Waals surface area contributed by atoms with E-state index in [2.05, 4.69) is 5.32 Å². The monoisotopic (exact) mass is 233 g/mol. The molecule has 1 saturated carbocycles. The van der Waals surface area contributed by atoms with Crippen LogP contribution in [0.15, 0.2) is 18.2 Å². The van der Waals surface area contributed by atoms with E-state index >= 15 is 0 Å². The van der Waals surface area contributed by atoms with Crippen LogP contribution in [0.25, 0.3) is 0 Å². The van der Waals surface area contributed by atoms with Crippen molar-refractivity contribution in [2.24, 2.45) is 0 Å². The third-order valence-corrected chi connectivity index (χ3v) is 3.51. The molecule has 2 aliphatic rings. The van der Waals surface area contributed by atoms with Crippen molar-refractivity contribution in [2.45, 2.75) is 37.8 Å². The molecule has 0 bridgehead atoms. The molecule has 2 N–H and O–H groups in total.